The number of nitrogens with zero attached hydrogens (tertiary/aromatic N) is 5. The lowest BCUT2D eigenvalue weighted by molar-refractivity contribution is 0.254. The summed E-state index contributed by atoms with van der Waals surface area (Å²) in [5.41, 5.74) is 2.27. The van der Waals surface area contributed by atoms with E-state index in [0.29, 0.717) is 13.2 Å². The van der Waals surface area contributed by atoms with Crippen molar-refractivity contribution in [2.75, 3.05) is 44.2 Å². The van der Waals surface area contributed by atoms with Crippen LogP contribution in [0, 0.1) is 0 Å². The lowest BCUT2D eigenvalue weighted by Crippen LogP contribution is -2.52. The normalized spacial score (nSPS) is 18.0. The van der Waals surface area contributed by atoms with Gasteiger partial charge in [0.25, 0.3) is 0 Å². The second-order valence-electron chi connectivity index (χ2n) is 7.83. The summed E-state index contributed by atoms with van der Waals surface area (Å²) >= 11 is 0. The molecule has 1 fully saturated rings. The van der Waals surface area contributed by atoms with Crippen LogP contribution in [0.1, 0.15) is 31.9 Å². The summed E-state index contributed by atoms with van der Waals surface area (Å²) in [4.78, 5) is 18.2. The maximum absolute atomic E-state index is 5.96. The van der Waals surface area contributed by atoms with Crippen molar-refractivity contribution in [2.45, 2.75) is 39.8 Å². The maximum Gasteiger partial charge on any atom is 0.225 e. The molecule has 1 atom stereocenters. The Kier molecular flexibility index (Phi) is 8.77. The SMILES string of the molecule is CCNC(=NCc1cc2c(cc1OCC)CC(C)O2)N1CCN(c2ncccn2)CC1.I. The van der Waals surface area contributed by atoms with Gasteiger partial charge >= 0.3 is 0 Å². The topological polar surface area (TPSA) is 75.1 Å². The summed E-state index contributed by atoms with van der Waals surface area (Å²) in [6.07, 6.45) is 4.72. The van der Waals surface area contributed by atoms with Gasteiger partial charge in [-0.3, -0.25) is 0 Å². The molecule has 32 heavy (non-hydrogen) atoms. The number of aromatic nitrogens is 2. The molecule has 2 aliphatic heterocycles. The van der Waals surface area contributed by atoms with Gasteiger partial charge in [0.1, 0.15) is 17.6 Å². The molecule has 2 aliphatic rings. The van der Waals surface area contributed by atoms with Gasteiger partial charge in [0, 0.05) is 62.7 Å². The van der Waals surface area contributed by atoms with E-state index in [1.807, 2.05) is 13.0 Å². The molecule has 1 unspecified atom stereocenters. The predicted molar refractivity (Wildman–Crippen MR) is 137 cm³/mol. The van der Waals surface area contributed by atoms with Gasteiger partial charge in [0.05, 0.1) is 13.2 Å². The first-order valence-electron chi connectivity index (χ1n) is 11.2. The summed E-state index contributed by atoms with van der Waals surface area (Å²) in [6.45, 7) is 11.7. The van der Waals surface area contributed by atoms with Gasteiger partial charge in [0.15, 0.2) is 5.96 Å². The second kappa shape index (κ2) is 11.5. The molecule has 0 radical (unpaired) electrons. The Morgan fingerprint density at radius 1 is 1.19 bits per heavy atom. The highest BCUT2D eigenvalue weighted by molar-refractivity contribution is 14.0. The van der Waals surface area contributed by atoms with Crippen LogP contribution in [0.15, 0.2) is 35.6 Å². The largest absolute Gasteiger partial charge is 0.494 e. The number of hydrogen-bond acceptors (Lipinski definition) is 6. The minimum atomic E-state index is 0. The molecule has 4 rings (SSSR count). The van der Waals surface area contributed by atoms with E-state index < -0.39 is 0 Å². The Hall–Kier alpha value is -2.30. The van der Waals surface area contributed by atoms with E-state index in [-0.39, 0.29) is 30.1 Å². The van der Waals surface area contributed by atoms with Gasteiger partial charge in [-0.25, -0.2) is 15.0 Å². The second-order valence-corrected chi connectivity index (χ2v) is 7.83. The zero-order valence-corrected chi connectivity index (χ0v) is 21.4. The molecular formula is C23H33IN6O2. The van der Waals surface area contributed by atoms with Crippen LogP contribution < -0.4 is 19.7 Å². The minimum absolute atomic E-state index is 0. The highest BCUT2D eigenvalue weighted by Gasteiger charge is 2.23. The summed E-state index contributed by atoms with van der Waals surface area (Å²) in [6, 6.07) is 6.07. The number of piperazine rings is 1. The molecule has 1 aromatic carbocycles. The lowest BCUT2D eigenvalue weighted by Gasteiger charge is -2.36. The Morgan fingerprint density at radius 3 is 2.62 bits per heavy atom. The number of fused-ring (bicyclic) bond motifs is 1. The molecule has 0 saturated carbocycles. The Balaban J connectivity index is 0.00000289. The van der Waals surface area contributed by atoms with Crippen molar-refractivity contribution in [1.29, 1.82) is 0 Å². The quantitative estimate of drug-likeness (QED) is 0.336. The van der Waals surface area contributed by atoms with Crippen LogP contribution in [-0.4, -0.2) is 66.3 Å². The fourth-order valence-electron chi connectivity index (χ4n) is 4.05. The third-order valence-electron chi connectivity index (χ3n) is 5.53. The van der Waals surface area contributed by atoms with Crippen molar-refractivity contribution in [3.05, 3.63) is 41.7 Å². The zero-order valence-electron chi connectivity index (χ0n) is 19.1. The number of anilines is 1. The number of nitrogens with one attached hydrogen (secondary N) is 1. The molecule has 174 valence electrons. The highest BCUT2D eigenvalue weighted by atomic mass is 127. The first-order chi connectivity index (χ1) is 15.2. The van der Waals surface area contributed by atoms with Gasteiger partial charge in [-0.05, 0) is 39.0 Å². The van der Waals surface area contributed by atoms with Crippen LogP contribution >= 0.6 is 24.0 Å². The van der Waals surface area contributed by atoms with Crippen molar-refractivity contribution >= 4 is 35.9 Å². The van der Waals surface area contributed by atoms with Crippen LogP contribution in [0.5, 0.6) is 11.5 Å². The van der Waals surface area contributed by atoms with E-state index in [0.717, 1.165) is 68.1 Å². The molecule has 8 nitrogen and oxygen atoms in total. The molecule has 0 aliphatic carbocycles. The summed E-state index contributed by atoms with van der Waals surface area (Å²) < 4.78 is 11.9. The molecule has 1 N–H and O–H groups in total. The highest BCUT2D eigenvalue weighted by Crippen LogP contribution is 2.35. The molecular weight excluding hydrogens is 519 g/mol. The first-order valence-corrected chi connectivity index (χ1v) is 11.2. The monoisotopic (exact) mass is 552 g/mol. The smallest absolute Gasteiger partial charge is 0.225 e. The lowest BCUT2D eigenvalue weighted by atomic mass is 10.1. The maximum atomic E-state index is 5.96. The number of halogens is 1. The Labute approximate surface area is 207 Å². The third kappa shape index (κ3) is 5.73. The van der Waals surface area contributed by atoms with Gasteiger partial charge in [0.2, 0.25) is 5.95 Å². The van der Waals surface area contributed by atoms with Gasteiger partial charge in [-0.2, -0.15) is 0 Å². The standard InChI is InChI=1S/C23H32N6O2.HI/c1-4-24-22(28-9-11-29(12-10-28)23-25-7-6-8-26-23)27-16-19-15-21-18(13-17(3)31-21)14-20(19)30-5-2;/h6-8,14-15,17H,4-5,9-13,16H2,1-3H3,(H,24,27);1H. The molecule has 0 amide bonds. The van der Waals surface area contributed by atoms with E-state index in [4.69, 9.17) is 14.5 Å². The van der Waals surface area contributed by atoms with Gasteiger partial charge in [-0.1, -0.05) is 0 Å². The van der Waals surface area contributed by atoms with Crippen molar-refractivity contribution in [2.24, 2.45) is 4.99 Å². The fraction of sp³-hybridized carbons (Fsp3) is 0.522. The Morgan fingerprint density at radius 2 is 1.94 bits per heavy atom. The number of ether oxygens (including phenoxy) is 2. The van der Waals surface area contributed by atoms with E-state index in [1.165, 1.54) is 5.56 Å². The van der Waals surface area contributed by atoms with E-state index in [1.54, 1.807) is 12.4 Å². The summed E-state index contributed by atoms with van der Waals surface area (Å²) in [5.74, 6) is 3.58. The van der Waals surface area contributed by atoms with Crippen molar-refractivity contribution in [1.82, 2.24) is 20.2 Å². The summed E-state index contributed by atoms with van der Waals surface area (Å²) in [5, 5.41) is 3.44. The zero-order chi connectivity index (χ0) is 21.6. The predicted octanol–water partition coefficient (Wildman–Crippen LogP) is 3.10. The fourth-order valence-corrected chi connectivity index (χ4v) is 4.05. The van der Waals surface area contributed by atoms with Crippen LogP contribution in [0.3, 0.4) is 0 Å². The average Bonchev–Trinajstić information content (AvgIpc) is 3.16. The molecule has 1 aromatic heterocycles. The Bertz CT molecular complexity index is 903. The van der Waals surface area contributed by atoms with Crippen molar-refractivity contribution < 1.29 is 9.47 Å². The van der Waals surface area contributed by atoms with E-state index >= 15 is 0 Å². The number of aliphatic imine (C=N–C) groups is 1. The van der Waals surface area contributed by atoms with E-state index in [9.17, 15) is 0 Å². The first kappa shape index (κ1) is 24.3. The molecule has 0 bridgehead atoms. The number of benzene rings is 1. The van der Waals surface area contributed by atoms with Crippen molar-refractivity contribution in [3.8, 4) is 11.5 Å². The van der Waals surface area contributed by atoms with Crippen LogP contribution in [-0.2, 0) is 13.0 Å². The molecule has 9 heteroatoms. The molecule has 1 saturated heterocycles. The minimum Gasteiger partial charge on any atom is -0.494 e. The molecule has 0 spiro atoms. The number of rotatable bonds is 6. The van der Waals surface area contributed by atoms with Crippen LogP contribution in [0.2, 0.25) is 0 Å². The average molecular weight is 552 g/mol. The number of hydrogen-bond donors (Lipinski definition) is 1. The molecule has 2 aromatic rings. The number of guanidine groups is 1. The summed E-state index contributed by atoms with van der Waals surface area (Å²) in [7, 11) is 0. The van der Waals surface area contributed by atoms with E-state index in [2.05, 4.69) is 51.1 Å². The van der Waals surface area contributed by atoms with Crippen molar-refractivity contribution in [3.63, 3.8) is 0 Å². The molecule has 3 heterocycles. The van der Waals surface area contributed by atoms with Gasteiger partial charge in [-0.15, -0.1) is 24.0 Å². The van der Waals surface area contributed by atoms with Crippen LogP contribution in [0.4, 0.5) is 5.95 Å². The third-order valence-corrected chi connectivity index (χ3v) is 5.53. The van der Waals surface area contributed by atoms with Gasteiger partial charge < -0.3 is 24.6 Å². The van der Waals surface area contributed by atoms with Crippen LogP contribution in [0.25, 0.3) is 0 Å².